The smallest absolute Gasteiger partial charge is 0.336 e. The van der Waals surface area contributed by atoms with Crippen molar-refractivity contribution in [3.63, 3.8) is 0 Å². The summed E-state index contributed by atoms with van der Waals surface area (Å²) in [6.07, 6.45) is 1.78. The Balaban J connectivity index is 3.40. The molecule has 0 aliphatic heterocycles. The van der Waals surface area contributed by atoms with Crippen molar-refractivity contribution in [1.82, 2.24) is 0 Å². The molecule has 0 heterocycles. The van der Waals surface area contributed by atoms with Gasteiger partial charge >= 0.3 is 5.97 Å². The first kappa shape index (κ1) is 11.2. The zero-order valence-corrected chi connectivity index (χ0v) is 9.28. The van der Waals surface area contributed by atoms with Crippen LogP contribution in [0, 0.1) is 0 Å². The number of carboxylic acids is 1. The van der Waals surface area contributed by atoms with Crippen LogP contribution in [-0.2, 0) is 0 Å². The molecule has 1 aromatic carbocycles. The lowest BCUT2D eigenvalue weighted by Gasteiger charge is -2.10. The Morgan fingerprint density at radius 2 is 2.21 bits per heavy atom. The number of benzene rings is 1. The van der Waals surface area contributed by atoms with Crippen LogP contribution in [0.2, 0.25) is 5.02 Å². The minimum absolute atomic E-state index is 0.207. The summed E-state index contributed by atoms with van der Waals surface area (Å²) in [5.74, 6) is -0.566. The number of carboxylic acid groups (broad SMARTS) is 1. The number of ether oxygens (including phenoxy) is 1. The Kier molecular flexibility index (Phi) is 3.66. The first-order chi connectivity index (χ1) is 6.61. The third-order valence-corrected chi connectivity index (χ3v) is 2.81. The number of hydrogen-bond acceptors (Lipinski definition) is 3. The van der Waals surface area contributed by atoms with Gasteiger partial charge in [-0.3, -0.25) is 0 Å². The van der Waals surface area contributed by atoms with Crippen LogP contribution in [0.1, 0.15) is 10.4 Å². The molecule has 1 N–H and O–H groups in total. The number of hydrogen-bond donors (Lipinski definition) is 1. The molecule has 5 heteroatoms. The summed E-state index contributed by atoms with van der Waals surface area (Å²) in [4.78, 5) is 11.4. The average Bonchev–Trinajstić information content (AvgIpc) is 2.16. The highest BCUT2D eigenvalue weighted by molar-refractivity contribution is 7.98. The summed E-state index contributed by atoms with van der Waals surface area (Å²) >= 11 is 7.15. The van der Waals surface area contributed by atoms with E-state index in [0.717, 1.165) is 0 Å². The van der Waals surface area contributed by atoms with E-state index in [1.165, 1.54) is 31.0 Å². The second-order valence-corrected chi connectivity index (χ2v) is 3.69. The monoisotopic (exact) mass is 232 g/mol. The van der Waals surface area contributed by atoms with E-state index >= 15 is 0 Å². The summed E-state index contributed by atoms with van der Waals surface area (Å²) in [6.45, 7) is 0. The zero-order valence-electron chi connectivity index (χ0n) is 7.70. The molecular weight excluding hydrogens is 224 g/mol. The zero-order chi connectivity index (χ0) is 10.7. The van der Waals surface area contributed by atoms with Crippen LogP contribution >= 0.6 is 23.4 Å². The van der Waals surface area contributed by atoms with Crippen molar-refractivity contribution in [3.05, 3.63) is 22.7 Å². The molecule has 1 rings (SSSR count). The van der Waals surface area contributed by atoms with E-state index in [-0.39, 0.29) is 5.56 Å². The SMILES string of the molecule is COc1c(Cl)ccc(C(=O)O)c1SC. The molecule has 0 amide bonds. The van der Waals surface area contributed by atoms with Crippen LogP contribution in [0.15, 0.2) is 17.0 Å². The molecule has 0 spiro atoms. The topological polar surface area (TPSA) is 46.5 Å². The van der Waals surface area contributed by atoms with Crippen molar-refractivity contribution in [2.45, 2.75) is 4.90 Å². The lowest BCUT2D eigenvalue weighted by atomic mass is 10.2. The fraction of sp³-hybridized carbons (Fsp3) is 0.222. The van der Waals surface area contributed by atoms with Gasteiger partial charge in [0.05, 0.1) is 22.6 Å². The maximum Gasteiger partial charge on any atom is 0.336 e. The summed E-state index contributed by atoms with van der Waals surface area (Å²) < 4.78 is 5.04. The molecule has 0 aliphatic rings. The fourth-order valence-electron chi connectivity index (χ4n) is 1.10. The number of thioether (sulfide) groups is 1. The van der Waals surface area contributed by atoms with E-state index in [0.29, 0.717) is 15.7 Å². The molecule has 0 unspecified atom stereocenters. The van der Waals surface area contributed by atoms with Crippen LogP contribution in [0.25, 0.3) is 0 Å². The molecule has 0 fully saturated rings. The number of rotatable bonds is 3. The van der Waals surface area contributed by atoms with Crippen LogP contribution < -0.4 is 4.74 Å². The summed E-state index contributed by atoms with van der Waals surface area (Å²) in [6, 6.07) is 2.99. The molecule has 0 aromatic heterocycles. The molecule has 0 bridgehead atoms. The van der Waals surface area contributed by atoms with Crippen LogP contribution in [0.3, 0.4) is 0 Å². The van der Waals surface area contributed by atoms with Gasteiger partial charge in [0.2, 0.25) is 0 Å². The van der Waals surface area contributed by atoms with Gasteiger partial charge in [0, 0.05) is 0 Å². The highest BCUT2D eigenvalue weighted by Crippen LogP contribution is 2.37. The summed E-state index contributed by atoms with van der Waals surface area (Å²) in [5, 5.41) is 9.31. The van der Waals surface area contributed by atoms with Gasteiger partial charge in [-0.05, 0) is 18.4 Å². The Morgan fingerprint density at radius 1 is 1.57 bits per heavy atom. The van der Waals surface area contributed by atoms with Gasteiger partial charge in [0.25, 0.3) is 0 Å². The maximum absolute atomic E-state index is 10.8. The van der Waals surface area contributed by atoms with E-state index in [9.17, 15) is 4.79 Å². The number of aromatic carboxylic acids is 1. The molecular formula is C9H9ClO3S. The van der Waals surface area contributed by atoms with E-state index in [2.05, 4.69) is 0 Å². The Hall–Kier alpha value is -0.870. The third-order valence-electron chi connectivity index (χ3n) is 1.70. The maximum atomic E-state index is 10.8. The predicted molar refractivity (Wildman–Crippen MR) is 56.7 cm³/mol. The van der Waals surface area contributed by atoms with Crippen molar-refractivity contribution in [2.24, 2.45) is 0 Å². The Morgan fingerprint density at radius 3 is 2.64 bits per heavy atom. The fourth-order valence-corrected chi connectivity index (χ4v) is 2.14. The highest BCUT2D eigenvalue weighted by atomic mass is 35.5. The minimum Gasteiger partial charge on any atom is -0.494 e. The molecule has 0 aliphatic carbocycles. The van der Waals surface area contributed by atoms with Crippen molar-refractivity contribution in [3.8, 4) is 5.75 Å². The molecule has 0 atom stereocenters. The largest absolute Gasteiger partial charge is 0.494 e. The van der Waals surface area contributed by atoms with Crippen molar-refractivity contribution in [2.75, 3.05) is 13.4 Å². The van der Waals surface area contributed by atoms with Gasteiger partial charge in [-0.15, -0.1) is 11.8 Å². The second kappa shape index (κ2) is 4.57. The van der Waals surface area contributed by atoms with Crippen molar-refractivity contribution >= 4 is 29.3 Å². The van der Waals surface area contributed by atoms with E-state index in [1.807, 2.05) is 0 Å². The number of halogens is 1. The van der Waals surface area contributed by atoms with Crippen LogP contribution in [-0.4, -0.2) is 24.4 Å². The van der Waals surface area contributed by atoms with E-state index in [1.54, 1.807) is 6.26 Å². The molecule has 1 aromatic rings. The van der Waals surface area contributed by atoms with E-state index < -0.39 is 5.97 Å². The minimum atomic E-state index is -0.982. The van der Waals surface area contributed by atoms with Crippen molar-refractivity contribution in [1.29, 1.82) is 0 Å². The number of methoxy groups -OCH3 is 1. The predicted octanol–water partition coefficient (Wildman–Crippen LogP) is 2.77. The van der Waals surface area contributed by atoms with Gasteiger partial charge in [-0.1, -0.05) is 11.6 Å². The third kappa shape index (κ3) is 1.96. The average molecular weight is 233 g/mol. The molecule has 0 saturated carbocycles. The lowest BCUT2D eigenvalue weighted by Crippen LogP contribution is -2.00. The molecule has 0 radical (unpaired) electrons. The first-order valence-corrected chi connectivity index (χ1v) is 5.35. The van der Waals surface area contributed by atoms with Gasteiger partial charge in [0.1, 0.15) is 0 Å². The molecule has 0 saturated heterocycles. The quantitative estimate of drug-likeness (QED) is 0.814. The Bertz CT molecular complexity index is 365. The summed E-state index contributed by atoms with van der Waals surface area (Å²) in [5.41, 5.74) is 0.207. The van der Waals surface area contributed by atoms with Gasteiger partial charge in [-0.25, -0.2) is 4.79 Å². The van der Waals surface area contributed by atoms with Gasteiger partial charge in [0.15, 0.2) is 5.75 Å². The normalized spacial score (nSPS) is 9.93. The lowest BCUT2D eigenvalue weighted by molar-refractivity contribution is 0.0692. The Labute approximate surface area is 91.0 Å². The standard InChI is InChI=1S/C9H9ClO3S/c1-13-7-6(10)4-3-5(9(11)12)8(7)14-2/h3-4H,1-2H3,(H,11,12). The van der Waals surface area contributed by atoms with Crippen LogP contribution in [0.5, 0.6) is 5.75 Å². The number of carbonyl (C=O) groups is 1. The second-order valence-electron chi connectivity index (χ2n) is 2.47. The summed E-state index contributed by atoms with van der Waals surface area (Å²) in [7, 11) is 1.46. The highest BCUT2D eigenvalue weighted by Gasteiger charge is 2.16. The molecule has 76 valence electrons. The van der Waals surface area contributed by atoms with Crippen molar-refractivity contribution < 1.29 is 14.6 Å². The molecule has 3 nitrogen and oxygen atoms in total. The van der Waals surface area contributed by atoms with Crippen LogP contribution in [0.4, 0.5) is 0 Å². The molecule has 14 heavy (non-hydrogen) atoms. The van der Waals surface area contributed by atoms with Gasteiger partial charge in [-0.2, -0.15) is 0 Å². The van der Waals surface area contributed by atoms with Gasteiger partial charge < -0.3 is 9.84 Å². The first-order valence-electron chi connectivity index (χ1n) is 3.75. The van der Waals surface area contributed by atoms with E-state index in [4.69, 9.17) is 21.4 Å².